The van der Waals surface area contributed by atoms with Crippen molar-refractivity contribution in [1.29, 1.82) is 0 Å². The molecule has 1 aliphatic heterocycles. The average molecular weight is 350 g/mol. The second-order valence-corrected chi connectivity index (χ2v) is 6.15. The highest BCUT2D eigenvalue weighted by Gasteiger charge is 2.39. The number of amides is 1. The molecule has 0 radical (unpaired) electrons. The number of terminal acetylenes is 1. The maximum atomic E-state index is 12.1. The second kappa shape index (κ2) is 7.99. The predicted octanol–water partition coefficient (Wildman–Crippen LogP) is 2.37. The van der Waals surface area contributed by atoms with E-state index in [4.69, 9.17) is 15.9 Å². The summed E-state index contributed by atoms with van der Waals surface area (Å²) in [6.07, 6.45) is 7.20. The molecule has 0 bridgehead atoms. The summed E-state index contributed by atoms with van der Waals surface area (Å²) in [6.45, 7) is 0.157. The lowest BCUT2D eigenvalue weighted by Gasteiger charge is -2.07. The molecule has 1 aromatic heterocycles. The molecule has 0 fully saturated rings. The fourth-order valence-corrected chi connectivity index (χ4v) is 2.96. The third-order valence-corrected chi connectivity index (χ3v) is 4.39. The first-order chi connectivity index (χ1) is 11.5. The van der Waals surface area contributed by atoms with Gasteiger partial charge in [0.2, 0.25) is 5.91 Å². The van der Waals surface area contributed by atoms with E-state index in [0.717, 1.165) is 11.3 Å². The molecule has 1 amide bonds. The van der Waals surface area contributed by atoms with E-state index in [1.165, 1.54) is 14.2 Å². The van der Waals surface area contributed by atoms with Gasteiger partial charge in [0.15, 0.2) is 10.8 Å². The van der Waals surface area contributed by atoms with Crippen LogP contribution in [0.3, 0.4) is 0 Å². The molecule has 0 unspecified atom stereocenters. The van der Waals surface area contributed by atoms with Gasteiger partial charge >= 0.3 is 5.97 Å². The summed E-state index contributed by atoms with van der Waals surface area (Å²) in [5.41, 5.74) is -0.0623. The molecule has 128 valence electrons. The molecule has 0 saturated carbocycles. The van der Waals surface area contributed by atoms with Gasteiger partial charge in [-0.15, -0.1) is 12.3 Å². The number of rotatable bonds is 9. The molecule has 0 atom stereocenters. The predicted molar refractivity (Wildman–Crippen MR) is 87.7 cm³/mol. The first-order valence-corrected chi connectivity index (χ1v) is 8.09. The molecule has 2 rings (SSSR count). The first-order valence-electron chi connectivity index (χ1n) is 7.28. The lowest BCUT2D eigenvalue weighted by Crippen LogP contribution is -2.17. The van der Waals surface area contributed by atoms with Crippen molar-refractivity contribution < 1.29 is 19.1 Å². The zero-order chi connectivity index (χ0) is 17.6. The molecule has 9 heteroatoms. The second-order valence-electron chi connectivity index (χ2n) is 5.15. The van der Waals surface area contributed by atoms with Crippen LogP contribution in [0.2, 0.25) is 0 Å². The third kappa shape index (κ3) is 4.59. The fourth-order valence-electron chi connectivity index (χ4n) is 2.06. The van der Waals surface area contributed by atoms with E-state index in [1.54, 1.807) is 0 Å². The molecule has 1 aromatic rings. The standard InChI is InChI=1S/C15H18N4O4S/c1-4-5-7-15(18-19-15)8-6-11(20)17-14-16-10(9-22-2)12(24-14)13(21)23-3/h1H,5-9H2,2-3H3,(H,16,17,20). The normalized spacial score (nSPS) is 14.0. The van der Waals surface area contributed by atoms with Gasteiger partial charge in [0.05, 0.1) is 19.4 Å². The molecule has 8 nitrogen and oxygen atoms in total. The van der Waals surface area contributed by atoms with Crippen molar-refractivity contribution in [3.63, 3.8) is 0 Å². The molecule has 0 spiro atoms. The number of anilines is 1. The molecule has 0 saturated heterocycles. The first kappa shape index (κ1) is 18.0. The minimum atomic E-state index is -0.510. The SMILES string of the molecule is C#CCCC1(CCC(=O)Nc2nc(COC)c(C(=O)OC)s2)N=N1. The minimum Gasteiger partial charge on any atom is -0.465 e. The van der Waals surface area contributed by atoms with Crippen LogP contribution in [-0.2, 0) is 20.9 Å². The van der Waals surface area contributed by atoms with Crippen LogP contribution in [0.4, 0.5) is 5.13 Å². The largest absolute Gasteiger partial charge is 0.465 e. The van der Waals surface area contributed by atoms with Crippen molar-refractivity contribution in [3.05, 3.63) is 10.6 Å². The number of hydrogen-bond donors (Lipinski definition) is 1. The van der Waals surface area contributed by atoms with E-state index in [-0.39, 0.29) is 18.9 Å². The van der Waals surface area contributed by atoms with Gasteiger partial charge in [-0.3, -0.25) is 4.79 Å². The number of methoxy groups -OCH3 is 2. The van der Waals surface area contributed by atoms with E-state index in [0.29, 0.717) is 35.0 Å². The molecule has 0 aliphatic carbocycles. The van der Waals surface area contributed by atoms with Gasteiger partial charge in [0.1, 0.15) is 4.88 Å². The van der Waals surface area contributed by atoms with E-state index in [1.807, 2.05) is 0 Å². The lowest BCUT2D eigenvalue weighted by atomic mass is 10.0. The van der Waals surface area contributed by atoms with Crippen LogP contribution in [0.1, 0.15) is 41.0 Å². The zero-order valence-electron chi connectivity index (χ0n) is 13.5. The number of carbonyl (C=O) groups is 2. The minimum absolute atomic E-state index is 0.157. The molecular weight excluding hydrogens is 332 g/mol. The van der Waals surface area contributed by atoms with Crippen molar-refractivity contribution in [2.75, 3.05) is 19.5 Å². The highest BCUT2D eigenvalue weighted by Crippen LogP contribution is 2.37. The summed E-state index contributed by atoms with van der Waals surface area (Å²) in [4.78, 5) is 28.3. The Kier molecular flexibility index (Phi) is 6.00. The molecule has 24 heavy (non-hydrogen) atoms. The fraction of sp³-hybridized carbons (Fsp3) is 0.533. The molecule has 1 aliphatic rings. The summed E-state index contributed by atoms with van der Waals surface area (Å²) in [5.74, 6) is 1.81. The van der Waals surface area contributed by atoms with Crippen LogP contribution >= 0.6 is 11.3 Å². The Hall–Kier alpha value is -2.31. The average Bonchev–Trinajstić information content (AvgIpc) is 3.25. The quantitative estimate of drug-likeness (QED) is 0.544. The maximum Gasteiger partial charge on any atom is 0.350 e. The molecular formula is C15H18N4O4S. The molecule has 1 N–H and O–H groups in total. The van der Waals surface area contributed by atoms with Gasteiger partial charge in [-0.25, -0.2) is 9.78 Å². The summed E-state index contributed by atoms with van der Waals surface area (Å²) in [5, 5.41) is 11.0. The highest BCUT2D eigenvalue weighted by molar-refractivity contribution is 7.17. The highest BCUT2D eigenvalue weighted by atomic mass is 32.1. The zero-order valence-corrected chi connectivity index (χ0v) is 14.3. The Bertz CT molecular complexity index is 686. The lowest BCUT2D eigenvalue weighted by molar-refractivity contribution is -0.116. The maximum absolute atomic E-state index is 12.1. The summed E-state index contributed by atoms with van der Waals surface area (Å²) in [7, 11) is 2.78. The van der Waals surface area contributed by atoms with E-state index in [9.17, 15) is 9.59 Å². The van der Waals surface area contributed by atoms with E-state index in [2.05, 4.69) is 26.4 Å². The van der Waals surface area contributed by atoms with Crippen molar-refractivity contribution in [2.24, 2.45) is 10.2 Å². The number of ether oxygens (including phenoxy) is 2. The van der Waals surface area contributed by atoms with E-state index >= 15 is 0 Å². The molecule has 0 aromatic carbocycles. The number of nitrogens with zero attached hydrogens (tertiary/aromatic N) is 3. The van der Waals surface area contributed by atoms with Crippen LogP contribution in [-0.4, -0.2) is 36.7 Å². The number of thiazole rings is 1. The number of nitrogens with one attached hydrogen (secondary N) is 1. The Morgan fingerprint density at radius 3 is 2.67 bits per heavy atom. The van der Waals surface area contributed by atoms with E-state index < -0.39 is 11.6 Å². The monoisotopic (exact) mass is 350 g/mol. The van der Waals surface area contributed by atoms with Crippen LogP contribution in [0.5, 0.6) is 0 Å². The number of esters is 1. The van der Waals surface area contributed by atoms with Gasteiger partial charge in [-0.1, -0.05) is 11.3 Å². The summed E-state index contributed by atoms with van der Waals surface area (Å²) in [6, 6.07) is 0. The van der Waals surface area contributed by atoms with Crippen LogP contribution < -0.4 is 5.32 Å². The Balaban J connectivity index is 1.92. The van der Waals surface area contributed by atoms with Gasteiger partial charge in [-0.05, 0) is 0 Å². The van der Waals surface area contributed by atoms with Crippen molar-refractivity contribution >= 4 is 28.3 Å². The van der Waals surface area contributed by atoms with Crippen molar-refractivity contribution in [2.45, 2.75) is 38.0 Å². The third-order valence-electron chi connectivity index (χ3n) is 3.40. The van der Waals surface area contributed by atoms with Crippen molar-refractivity contribution in [3.8, 4) is 12.3 Å². The number of hydrogen-bond acceptors (Lipinski definition) is 8. The molecule has 2 heterocycles. The van der Waals surface area contributed by atoms with Crippen LogP contribution in [0, 0.1) is 12.3 Å². The van der Waals surface area contributed by atoms with Gasteiger partial charge in [0.25, 0.3) is 0 Å². The number of aromatic nitrogens is 1. The topological polar surface area (TPSA) is 102 Å². The van der Waals surface area contributed by atoms with Crippen LogP contribution in [0.15, 0.2) is 10.2 Å². The summed E-state index contributed by atoms with van der Waals surface area (Å²) < 4.78 is 9.70. The van der Waals surface area contributed by atoms with Gasteiger partial charge in [0, 0.05) is 32.8 Å². The smallest absolute Gasteiger partial charge is 0.350 e. The Morgan fingerprint density at radius 2 is 2.08 bits per heavy atom. The summed E-state index contributed by atoms with van der Waals surface area (Å²) >= 11 is 1.05. The number of carbonyl (C=O) groups excluding carboxylic acids is 2. The Morgan fingerprint density at radius 1 is 1.33 bits per heavy atom. The van der Waals surface area contributed by atoms with Gasteiger partial charge in [-0.2, -0.15) is 10.2 Å². The van der Waals surface area contributed by atoms with Crippen molar-refractivity contribution in [1.82, 2.24) is 4.98 Å². The Labute approximate surface area is 143 Å². The van der Waals surface area contributed by atoms with Gasteiger partial charge < -0.3 is 14.8 Å². The van der Waals surface area contributed by atoms with Crippen LogP contribution in [0.25, 0.3) is 0 Å².